The molecule has 0 atom stereocenters. The first-order valence-corrected chi connectivity index (χ1v) is 8.25. The Kier molecular flexibility index (Phi) is 5.68. The normalized spacial score (nSPS) is 16.6. The van der Waals surface area contributed by atoms with Gasteiger partial charge in [0.25, 0.3) is 11.6 Å². The zero-order valence-corrected chi connectivity index (χ0v) is 13.8. The maximum Gasteiger partial charge on any atom is 0.269 e. The summed E-state index contributed by atoms with van der Waals surface area (Å²) in [5, 5.41) is 10.6. The van der Waals surface area contributed by atoms with Crippen LogP contribution in [0.15, 0.2) is 29.2 Å². The van der Waals surface area contributed by atoms with Crippen LogP contribution in [-0.2, 0) is 4.79 Å². The highest BCUT2D eigenvalue weighted by molar-refractivity contribution is 8.26. The summed E-state index contributed by atoms with van der Waals surface area (Å²) in [5.74, 6) is -0.0792. The Labute approximate surface area is 138 Å². The number of hydrogen-bond acceptors (Lipinski definition) is 5. The Morgan fingerprint density at radius 2 is 2.00 bits per heavy atom. The minimum Gasteiger partial charge on any atom is -0.293 e. The van der Waals surface area contributed by atoms with Crippen LogP contribution in [0.4, 0.5) is 5.69 Å². The van der Waals surface area contributed by atoms with Gasteiger partial charge in [-0.1, -0.05) is 43.7 Å². The van der Waals surface area contributed by atoms with Crippen LogP contribution < -0.4 is 0 Å². The van der Waals surface area contributed by atoms with E-state index in [0.29, 0.717) is 15.8 Å². The van der Waals surface area contributed by atoms with Crippen LogP contribution in [0.5, 0.6) is 0 Å². The van der Waals surface area contributed by atoms with Crippen molar-refractivity contribution in [2.75, 3.05) is 6.54 Å². The molecule has 22 heavy (non-hydrogen) atoms. The zero-order valence-electron chi connectivity index (χ0n) is 12.2. The van der Waals surface area contributed by atoms with Crippen LogP contribution in [0.1, 0.15) is 31.7 Å². The summed E-state index contributed by atoms with van der Waals surface area (Å²) in [6.45, 7) is 2.76. The molecule has 0 saturated carbocycles. The lowest BCUT2D eigenvalue weighted by atomic mass is 10.2. The van der Waals surface area contributed by atoms with Gasteiger partial charge in [-0.25, -0.2) is 0 Å². The number of nitrogens with zero attached hydrogens (tertiary/aromatic N) is 2. The largest absolute Gasteiger partial charge is 0.293 e. The van der Waals surface area contributed by atoms with E-state index in [1.54, 1.807) is 23.1 Å². The predicted octanol–water partition coefficient (Wildman–Crippen LogP) is 3.99. The number of non-ortho nitro benzene ring substituents is 1. The fourth-order valence-electron chi connectivity index (χ4n) is 2.06. The van der Waals surface area contributed by atoms with Crippen LogP contribution in [0, 0.1) is 10.1 Å². The average Bonchev–Trinajstić information content (AvgIpc) is 2.75. The molecule has 5 nitrogen and oxygen atoms in total. The van der Waals surface area contributed by atoms with Crippen molar-refractivity contribution >= 4 is 46.0 Å². The van der Waals surface area contributed by atoms with Crippen LogP contribution in [0.2, 0.25) is 0 Å². The van der Waals surface area contributed by atoms with Crippen molar-refractivity contribution < 1.29 is 9.72 Å². The topological polar surface area (TPSA) is 63.5 Å². The summed E-state index contributed by atoms with van der Waals surface area (Å²) < 4.78 is 0.578. The summed E-state index contributed by atoms with van der Waals surface area (Å²) in [6.07, 6.45) is 4.82. The van der Waals surface area contributed by atoms with Crippen molar-refractivity contribution in [2.45, 2.75) is 26.2 Å². The minimum absolute atomic E-state index is 0.0317. The SMILES string of the molecule is CCCCCN1C(=O)C(=Cc2ccc([N+](=O)[O-])cc2)SC1=S. The molecule has 7 heteroatoms. The van der Waals surface area contributed by atoms with Crippen molar-refractivity contribution in [1.82, 2.24) is 4.90 Å². The van der Waals surface area contributed by atoms with Gasteiger partial charge in [0.05, 0.1) is 9.83 Å². The molecule has 1 aliphatic heterocycles. The standard InChI is InChI=1S/C15H16N2O3S2/c1-2-3-4-9-16-14(18)13(22-15(16)21)10-11-5-7-12(8-6-11)17(19)20/h5-8,10H,2-4,9H2,1H3. The molecule has 1 aromatic rings. The highest BCUT2D eigenvalue weighted by atomic mass is 32.2. The predicted molar refractivity (Wildman–Crippen MR) is 92.5 cm³/mol. The molecule has 0 bridgehead atoms. The van der Waals surface area contributed by atoms with Gasteiger partial charge in [0.1, 0.15) is 4.32 Å². The lowest BCUT2D eigenvalue weighted by molar-refractivity contribution is -0.384. The number of rotatable bonds is 6. The molecule has 0 aliphatic carbocycles. The second kappa shape index (κ2) is 7.51. The highest BCUT2D eigenvalue weighted by Gasteiger charge is 2.31. The number of thiocarbonyl (C=S) groups is 1. The second-order valence-corrected chi connectivity index (χ2v) is 6.56. The number of amides is 1. The lowest BCUT2D eigenvalue weighted by Crippen LogP contribution is -2.28. The van der Waals surface area contributed by atoms with Gasteiger partial charge in [-0.3, -0.25) is 19.8 Å². The number of hydrogen-bond donors (Lipinski definition) is 0. The summed E-state index contributed by atoms with van der Waals surface area (Å²) in [4.78, 5) is 24.7. The first-order valence-electron chi connectivity index (χ1n) is 7.02. The second-order valence-electron chi connectivity index (χ2n) is 4.89. The number of thioether (sulfide) groups is 1. The smallest absolute Gasteiger partial charge is 0.269 e. The molecule has 0 spiro atoms. The van der Waals surface area contributed by atoms with E-state index >= 15 is 0 Å². The third-order valence-corrected chi connectivity index (χ3v) is 4.64. The molecule has 0 unspecified atom stereocenters. The van der Waals surface area contributed by atoms with Gasteiger partial charge in [-0.15, -0.1) is 0 Å². The molecule has 0 aromatic heterocycles. The highest BCUT2D eigenvalue weighted by Crippen LogP contribution is 2.32. The molecule has 2 rings (SSSR count). The van der Waals surface area contributed by atoms with E-state index in [9.17, 15) is 14.9 Å². The van der Waals surface area contributed by atoms with E-state index in [1.807, 2.05) is 0 Å². The van der Waals surface area contributed by atoms with Crippen LogP contribution >= 0.6 is 24.0 Å². The van der Waals surface area contributed by atoms with E-state index < -0.39 is 4.92 Å². The Bertz CT molecular complexity index is 626. The van der Waals surface area contributed by atoms with Crippen molar-refractivity contribution in [3.63, 3.8) is 0 Å². The fourth-order valence-corrected chi connectivity index (χ4v) is 3.36. The Balaban J connectivity index is 2.10. The summed E-state index contributed by atoms with van der Waals surface area (Å²) in [7, 11) is 0. The molecule has 1 amide bonds. The van der Waals surface area contributed by atoms with Crippen molar-refractivity contribution in [1.29, 1.82) is 0 Å². The molecule has 1 aliphatic rings. The van der Waals surface area contributed by atoms with Crippen LogP contribution in [0.3, 0.4) is 0 Å². The molecule has 0 radical (unpaired) electrons. The van der Waals surface area contributed by atoms with Gasteiger partial charge in [0, 0.05) is 18.7 Å². The quantitative estimate of drug-likeness (QED) is 0.258. The van der Waals surface area contributed by atoms with Crippen molar-refractivity contribution in [3.8, 4) is 0 Å². The number of benzene rings is 1. The zero-order chi connectivity index (χ0) is 16.1. The lowest BCUT2D eigenvalue weighted by Gasteiger charge is -2.13. The minimum atomic E-state index is -0.447. The Morgan fingerprint density at radius 3 is 2.59 bits per heavy atom. The number of carbonyl (C=O) groups is 1. The molecule has 1 heterocycles. The van der Waals surface area contributed by atoms with E-state index in [-0.39, 0.29) is 11.6 Å². The Morgan fingerprint density at radius 1 is 1.32 bits per heavy atom. The molecule has 0 N–H and O–H groups in total. The number of nitro groups is 1. The van der Waals surface area contributed by atoms with Crippen LogP contribution in [0.25, 0.3) is 6.08 Å². The van der Waals surface area contributed by atoms with Crippen molar-refractivity contribution in [2.24, 2.45) is 0 Å². The number of unbranched alkanes of at least 4 members (excludes halogenated alkanes) is 2. The fraction of sp³-hybridized carbons (Fsp3) is 0.333. The van der Waals surface area contributed by atoms with Crippen molar-refractivity contribution in [3.05, 3.63) is 44.8 Å². The number of carbonyl (C=O) groups excluding carboxylic acids is 1. The third kappa shape index (κ3) is 3.92. The van der Waals surface area contributed by atoms with E-state index in [4.69, 9.17) is 12.2 Å². The van der Waals surface area contributed by atoms with Gasteiger partial charge in [-0.05, 0) is 30.2 Å². The van der Waals surface area contributed by atoms with Gasteiger partial charge in [0.15, 0.2) is 0 Å². The summed E-state index contributed by atoms with van der Waals surface area (Å²) >= 11 is 6.53. The molecular formula is C15H16N2O3S2. The van der Waals surface area contributed by atoms with Crippen LogP contribution in [-0.4, -0.2) is 26.6 Å². The number of nitro benzene ring substituents is 1. The first-order chi connectivity index (χ1) is 10.5. The third-order valence-electron chi connectivity index (χ3n) is 3.26. The van der Waals surface area contributed by atoms with Gasteiger partial charge in [-0.2, -0.15) is 0 Å². The monoisotopic (exact) mass is 336 g/mol. The molecular weight excluding hydrogens is 320 g/mol. The average molecular weight is 336 g/mol. The maximum atomic E-state index is 12.3. The van der Waals surface area contributed by atoms with Gasteiger partial charge >= 0.3 is 0 Å². The molecule has 1 saturated heterocycles. The summed E-state index contributed by atoms with van der Waals surface area (Å²) in [5.41, 5.74) is 0.781. The molecule has 1 fully saturated rings. The Hall–Kier alpha value is -1.73. The molecule has 116 valence electrons. The maximum absolute atomic E-state index is 12.3. The van der Waals surface area contributed by atoms with E-state index in [2.05, 4.69) is 6.92 Å². The van der Waals surface area contributed by atoms with E-state index in [0.717, 1.165) is 24.8 Å². The summed E-state index contributed by atoms with van der Waals surface area (Å²) in [6, 6.07) is 6.10. The molecule has 1 aromatic carbocycles. The van der Waals surface area contributed by atoms with E-state index in [1.165, 1.54) is 23.9 Å². The van der Waals surface area contributed by atoms with Gasteiger partial charge in [0.2, 0.25) is 0 Å². The van der Waals surface area contributed by atoms with Gasteiger partial charge < -0.3 is 0 Å². The first kappa shape index (κ1) is 16.6.